The summed E-state index contributed by atoms with van der Waals surface area (Å²) in [5.41, 5.74) is -0.472. The van der Waals surface area contributed by atoms with Gasteiger partial charge in [0.1, 0.15) is 0 Å². The van der Waals surface area contributed by atoms with Crippen LogP contribution in [0.25, 0.3) is 0 Å². The molecule has 4 fully saturated rings. The van der Waals surface area contributed by atoms with E-state index in [2.05, 4.69) is 15.5 Å². The lowest BCUT2D eigenvalue weighted by molar-refractivity contribution is -0.132. The fourth-order valence-electron chi connectivity index (χ4n) is 5.47. The minimum atomic E-state index is -0.273. The number of nitrogens with one attached hydrogen (secondary N) is 2. The predicted molar refractivity (Wildman–Crippen MR) is 95.2 cm³/mol. The van der Waals surface area contributed by atoms with Crippen molar-refractivity contribution in [2.24, 2.45) is 16.7 Å². The van der Waals surface area contributed by atoms with Gasteiger partial charge in [-0.25, -0.2) is 0 Å². The zero-order chi connectivity index (χ0) is 17.3. The number of aliphatic hydroxyl groups excluding tert-OH is 1. The topological polar surface area (TPSA) is 73.8 Å². The van der Waals surface area contributed by atoms with Gasteiger partial charge in [0.15, 0.2) is 0 Å². The van der Waals surface area contributed by atoms with E-state index in [-0.39, 0.29) is 23.3 Å². The first-order chi connectivity index (χ1) is 12.2. The Morgan fingerprint density at radius 1 is 1.28 bits per heavy atom. The molecule has 1 amide bonds. The molecule has 2 atom stereocenters. The van der Waals surface area contributed by atoms with E-state index in [1.54, 1.807) is 0 Å². The zero-order valence-corrected chi connectivity index (χ0v) is 15.3. The van der Waals surface area contributed by atoms with Crippen LogP contribution in [0.4, 0.5) is 0 Å². The van der Waals surface area contributed by atoms with E-state index in [0.29, 0.717) is 31.7 Å². The summed E-state index contributed by atoms with van der Waals surface area (Å²) >= 11 is 0. The summed E-state index contributed by atoms with van der Waals surface area (Å²) in [5, 5.41) is 16.6. The van der Waals surface area contributed by atoms with Crippen LogP contribution in [0, 0.1) is 16.7 Å². The average molecular weight is 351 g/mol. The number of ether oxygens (including phenoxy) is 1. The second kappa shape index (κ2) is 7.14. The highest BCUT2D eigenvalue weighted by Gasteiger charge is 2.55. The molecule has 4 aliphatic rings. The zero-order valence-electron chi connectivity index (χ0n) is 15.3. The first-order valence-electron chi connectivity index (χ1n) is 10.1. The van der Waals surface area contributed by atoms with Gasteiger partial charge in [0, 0.05) is 63.3 Å². The van der Waals surface area contributed by atoms with E-state index in [0.717, 1.165) is 39.0 Å². The van der Waals surface area contributed by atoms with Gasteiger partial charge < -0.3 is 20.5 Å². The molecule has 0 unspecified atom stereocenters. The van der Waals surface area contributed by atoms with Crippen LogP contribution in [0.15, 0.2) is 0 Å². The third-order valence-electron chi connectivity index (χ3n) is 7.36. The number of nitrogens with zero attached hydrogens (tertiary/aromatic N) is 1. The Balaban J connectivity index is 1.41. The van der Waals surface area contributed by atoms with E-state index in [9.17, 15) is 9.90 Å². The van der Waals surface area contributed by atoms with Crippen molar-refractivity contribution in [1.82, 2.24) is 15.5 Å². The lowest BCUT2D eigenvalue weighted by Crippen LogP contribution is -2.52. The van der Waals surface area contributed by atoms with E-state index in [4.69, 9.17) is 4.74 Å². The number of amides is 1. The molecular formula is C19H33N3O3. The largest absolute Gasteiger partial charge is 0.396 e. The Labute approximate surface area is 150 Å². The van der Waals surface area contributed by atoms with Gasteiger partial charge in [-0.2, -0.15) is 0 Å². The van der Waals surface area contributed by atoms with Gasteiger partial charge in [-0.3, -0.25) is 9.69 Å². The number of fused-ring (bicyclic) bond motifs is 1. The summed E-state index contributed by atoms with van der Waals surface area (Å²) in [6, 6.07) is 0.689. The second-order valence-electron chi connectivity index (χ2n) is 8.80. The lowest BCUT2D eigenvalue weighted by atomic mass is 9.78. The molecule has 1 aliphatic carbocycles. The van der Waals surface area contributed by atoms with Gasteiger partial charge in [-0.15, -0.1) is 0 Å². The third kappa shape index (κ3) is 3.22. The van der Waals surface area contributed by atoms with Crippen molar-refractivity contribution in [3.63, 3.8) is 0 Å². The predicted octanol–water partition coefficient (Wildman–Crippen LogP) is 0.356. The normalized spacial score (nSPS) is 35.8. The summed E-state index contributed by atoms with van der Waals surface area (Å²) in [4.78, 5) is 15.8. The van der Waals surface area contributed by atoms with Crippen LogP contribution in [-0.4, -0.2) is 74.5 Å². The Hall–Kier alpha value is -0.690. The van der Waals surface area contributed by atoms with Crippen molar-refractivity contribution in [2.75, 3.05) is 52.5 Å². The van der Waals surface area contributed by atoms with Crippen molar-refractivity contribution in [3.8, 4) is 0 Å². The molecule has 0 aromatic carbocycles. The maximum atomic E-state index is 13.2. The Morgan fingerprint density at radius 2 is 2.04 bits per heavy atom. The molecule has 0 aromatic rings. The number of carbonyl (C=O) groups is 1. The maximum absolute atomic E-state index is 13.2. The summed E-state index contributed by atoms with van der Waals surface area (Å²) in [7, 11) is 0. The second-order valence-corrected chi connectivity index (χ2v) is 8.80. The summed E-state index contributed by atoms with van der Waals surface area (Å²) in [6.07, 6.45) is 6.92. The number of hydrogen-bond acceptors (Lipinski definition) is 5. The minimum Gasteiger partial charge on any atom is -0.396 e. The van der Waals surface area contributed by atoms with Gasteiger partial charge >= 0.3 is 0 Å². The highest BCUT2D eigenvalue weighted by Crippen LogP contribution is 2.42. The highest BCUT2D eigenvalue weighted by atomic mass is 16.5. The van der Waals surface area contributed by atoms with E-state index < -0.39 is 0 Å². The minimum absolute atomic E-state index is 0.125. The molecule has 0 aromatic heterocycles. The molecule has 3 saturated heterocycles. The molecule has 25 heavy (non-hydrogen) atoms. The molecule has 4 rings (SSSR count). The molecule has 3 aliphatic heterocycles. The summed E-state index contributed by atoms with van der Waals surface area (Å²) in [5.74, 6) is 0.621. The first kappa shape index (κ1) is 17.7. The van der Waals surface area contributed by atoms with E-state index in [1.807, 2.05) is 0 Å². The van der Waals surface area contributed by atoms with Gasteiger partial charge in [-0.1, -0.05) is 12.8 Å². The standard InChI is InChI=1S/C19H33N3O3/c23-14-18(5-7-25-8-6-18)11-21-17(24)19-12-20-9-15(19)10-22(13-19)16-3-1-2-4-16/h15-16,20,23H,1-14H2,(H,21,24)/t15-,19-/m1/s1. The van der Waals surface area contributed by atoms with Crippen LogP contribution in [0.2, 0.25) is 0 Å². The maximum Gasteiger partial charge on any atom is 0.229 e. The Kier molecular flexibility index (Phi) is 5.06. The molecule has 6 heteroatoms. The molecule has 0 bridgehead atoms. The summed E-state index contributed by atoms with van der Waals surface area (Å²) in [6.45, 7) is 5.77. The first-order valence-corrected chi connectivity index (χ1v) is 10.1. The van der Waals surface area contributed by atoms with Crippen LogP contribution in [0.5, 0.6) is 0 Å². The Bertz CT molecular complexity index is 488. The van der Waals surface area contributed by atoms with E-state index >= 15 is 0 Å². The molecular weight excluding hydrogens is 318 g/mol. The number of carbonyl (C=O) groups excluding carboxylic acids is 1. The smallest absolute Gasteiger partial charge is 0.229 e. The van der Waals surface area contributed by atoms with Gasteiger partial charge in [0.2, 0.25) is 5.91 Å². The van der Waals surface area contributed by atoms with Crippen LogP contribution < -0.4 is 10.6 Å². The van der Waals surface area contributed by atoms with E-state index in [1.165, 1.54) is 25.7 Å². The van der Waals surface area contributed by atoms with Crippen LogP contribution in [0.1, 0.15) is 38.5 Å². The van der Waals surface area contributed by atoms with Crippen molar-refractivity contribution in [3.05, 3.63) is 0 Å². The molecule has 3 N–H and O–H groups in total. The van der Waals surface area contributed by atoms with Crippen LogP contribution in [-0.2, 0) is 9.53 Å². The molecule has 6 nitrogen and oxygen atoms in total. The van der Waals surface area contributed by atoms with Crippen molar-refractivity contribution in [1.29, 1.82) is 0 Å². The van der Waals surface area contributed by atoms with Gasteiger partial charge in [0.25, 0.3) is 0 Å². The molecule has 3 heterocycles. The SMILES string of the molecule is O=C(NCC1(CO)CCOCC1)[C@@]12CNC[C@@H]1CN(C1CCCC1)C2. The van der Waals surface area contributed by atoms with Gasteiger partial charge in [-0.05, 0) is 25.7 Å². The average Bonchev–Trinajstić information content (AvgIpc) is 3.35. The van der Waals surface area contributed by atoms with Crippen LogP contribution >= 0.6 is 0 Å². The fourth-order valence-corrected chi connectivity index (χ4v) is 5.47. The lowest BCUT2D eigenvalue weighted by Gasteiger charge is -2.37. The summed E-state index contributed by atoms with van der Waals surface area (Å²) < 4.78 is 5.43. The Morgan fingerprint density at radius 3 is 2.76 bits per heavy atom. The number of rotatable bonds is 5. The fraction of sp³-hybridized carbons (Fsp3) is 0.947. The number of hydrogen-bond donors (Lipinski definition) is 3. The van der Waals surface area contributed by atoms with Crippen molar-refractivity contribution in [2.45, 2.75) is 44.6 Å². The van der Waals surface area contributed by atoms with Crippen molar-refractivity contribution >= 4 is 5.91 Å². The number of likely N-dealkylation sites (tertiary alicyclic amines) is 1. The van der Waals surface area contributed by atoms with Crippen molar-refractivity contribution < 1.29 is 14.6 Å². The highest BCUT2D eigenvalue weighted by molar-refractivity contribution is 5.84. The molecule has 0 spiro atoms. The molecule has 142 valence electrons. The quantitative estimate of drug-likeness (QED) is 0.667. The third-order valence-corrected chi connectivity index (χ3v) is 7.36. The molecule has 0 radical (unpaired) electrons. The van der Waals surface area contributed by atoms with Crippen LogP contribution in [0.3, 0.4) is 0 Å². The molecule has 1 saturated carbocycles. The van der Waals surface area contributed by atoms with Gasteiger partial charge in [0.05, 0.1) is 12.0 Å². The number of aliphatic hydroxyl groups is 1. The monoisotopic (exact) mass is 351 g/mol.